The first-order chi connectivity index (χ1) is 10.1. The largest absolute Gasteiger partial charge is 0.324 e. The summed E-state index contributed by atoms with van der Waals surface area (Å²) in [6.45, 7) is 0.621. The molecule has 6 nitrogen and oxygen atoms in total. The Morgan fingerprint density at radius 1 is 1.29 bits per heavy atom. The Balaban J connectivity index is 1.77. The number of urea groups is 1. The van der Waals surface area contributed by atoms with Gasteiger partial charge in [0.05, 0.1) is 0 Å². The van der Waals surface area contributed by atoms with E-state index in [1.807, 2.05) is 24.3 Å². The fourth-order valence-corrected chi connectivity index (χ4v) is 2.91. The predicted octanol–water partition coefficient (Wildman–Crippen LogP) is 0.906. The minimum atomic E-state index is -0.581. The number of hydrogen-bond acceptors (Lipinski definition) is 3. The van der Waals surface area contributed by atoms with E-state index in [-0.39, 0.29) is 18.4 Å². The number of hydrogen-bond donors (Lipinski definition) is 1. The number of anilines is 1. The fourth-order valence-electron chi connectivity index (χ4n) is 2.91. The molecule has 0 unspecified atom stereocenters. The van der Waals surface area contributed by atoms with E-state index in [1.54, 1.807) is 11.9 Å². The third kappa shape index (κ3) is 2.37. The van der Waals surface area contributed by atoms with Crippen molar-refractivity contribution < 1.29 is 14.4 Å². The maximum absolute atomic E-state index is 12.6. The van der Waals surface area contributed by atoms with Crippen LogP contribution in [-0.2, 0) is 16.0 Å². The van der Waals surface area contributed by atoms with Gasteiger partial charge in [-0.3, -0.25) is 19.8 Å². The highest BCUT2D eigenvalue weighted by Gasteiger charge is 2.35. The molecule has 6 heteroatoms. The Labute approximate surface area is 122 Å². The van der Waals surface area contributed by atoms with Gasteiger partial charge in [0.25, 0.3) is 0 Å². The van der Waals surface area contributed by atoms with Crippen molar-refractivity contribution in [1.82, 2.24) is 10.2 Å². The number of nitrogens with zero attached hydrogens (tertiary/aromatic N) is 2. The number of carbonyl (C=O) groups is 3. The number of fused-ring (bicyclic) bond motifs is 1. The molecule has 1 saturated heterocycles. The van der Waals surface area contributed by atoms with Crippen LogP contribution in [-0.4, -0.2) is 42.4 Å². The number of amides is 4. The van der Waals surface area contributed by atoms with Gasteiger partial charge in [0.1, 0.15) is 6.04 Å². The molecule has 0 bridgehead atoms. The van der Waals surface area contributed by atoms with Gasteiger partial charge in [0.15, 0.2) is 0 Å². The molecule has 1 fully saturated rings. The summed E-state index contributed by atoms with van der Waals surface area (Å²) in [5, 5.41) is 2.28. The van der Waals surface area contributed by atoms with Gasteiger partial charge in [-0.1, -0.05) is 18.2 Å². The Bertz CT molecular complexity index is 614. The van der Waals surface area contributed by atoms with E-state index >= 15 is 0 Å². The Kier molecular flexibility index (Phi) is 3.37. The monoisotopic (exact) mass is 287 g/mol. The number of piperidine rings is 1. The molecule has 1 aromatic rings. The van der Waals surface area contributed by atoms with Crippen LogP contribution in [0.4, 0.5) is 10.5 Å². The highest BCUT2D eigenvalue weighted by atomic mass is 16.2. The Hall–Kier alpha value is -2.37. The number of rotatable bonds is 1. The van der Waals surface area contributed by atoms with Crippen molar-refractivity contribution in [3.63, 3.8) is 0 Å². The minimum Gasteiger partial charge on any atom is -0.315 e. The third-order valence-corrected chi connectivity index (χ3v) is 4.10. The summed E-state index contributed by atoms with van der Waals surface area (Å²) in [4.78, 5) is 38.8. The molecule has 0 radical (unpaired) electrons. The molecule has 0 aliphatic carbocycles. The van der Waals surface area contributed by atoms with Crippen molar-refractivity contribution in [3.8, 4) is 0 Å². The van der Waals surface area contributed by atoms with Gasteiger partial charge in [-0.2, -0.15) is 0 Å². The fraction of sp³-hybridized carbons (Fsp3) is 0.400. The van der Waals surface area contributed by atoms with Gasteiger partial charge in [0, 0.05) is 25.7 Å². The number of imide groups is 1. The molecule has 4 amide bonds. The number of carbonyl (C=O) groups excluding carboxylic acids is 3. The summed E-state index contributed by atoms with van der Waals surface area (Å²) in [5.74, 6) is -0.668. The van der Waals surface area contributed by atoms with Crippen molar-refractivity contribution in [1.29, 1.82) is 0 Å². The van der Waals surface area contributed by atoms with Gasteiger partial charge in [-0.25, -0.2) is 4.79 Å². The molecule has 3 rings (SSSR count). The van der Waals surface area contributed by atoms with Gasteiger partial charge < -0.3 is 4.90 Å². The van der Waals surface area contributed by atoms with Crippen molar-refractivity contribution in [2.45, 2.75) is 25.3 Å². The standard InChI is InChI=1S/C15H17N3O3/c1-17(12-6-7-13(19)16-14(12)20)15(21)18-9-8-10-4-2-3-5-11(10)18/h2-5,12H,6-9H2,1H3,(H,16,19,20)/t12-/m0/s1. The maximum Gasteiger partial charge on any atom is 0.324 e. The van der Waals surface area contributed by atoms with Crippen molar-refractivity contribution in [3.05, 3.63) is 29.8 Å². The van der Waals surface area contributed by atoms with E-state index < -0.39 is 11.9 Å². The summed E-state index contributed by atoms with van der Waals surface area (Å²) in [7, 11) is 1.61. The van der Waals surface area contributed by atoms with E-state index in [4.69, 9.17) is 0 Å². The van der Waals surface area contributed by atoms with Crippen LogP contribution in [0.25, 0.3) is 0 Å². The highest BCUT2D eigenvalue weighted by Crippen LogP contribution is 2.28. The van der Waals surface area contributed by atoms with E-state index in [9.17, 15) is 14.4 Å². The molecule has 2 aliphatic heterocycles. The van der Waals surface area contributed by atoms with Gasteiger partial charge in [-0.15, -0.1) is 0 Å². The van der Waals surface area contributed by atoms with Gasteiger partial charge >= 0.3 is 6.03 Å². The second-order valence-electron chi connectivity index (χ2n) is 5.39. The molecule has 0 saturated carbocycles. The number of benzene rings is 1. The first-order valence-electron chi connectivity index (χ1n) is 7.04. The topological polar surface area (TPSA) is 69.7 Å². The normalized spacial score (nSPS) is 21.0. The van der Waals surface area contributed by atoms with Crippen molar-refractivity contribution in [2.75, 3.05) is 18.5 Å². The third-order valence-electron chi connectivity index (χ3n) is 4.10. The van der Waals surface area contributed by atoms with E-state index in [2.05, 4.69) is 5.32 Å². The molecule has 1 N–H and O–H groups in total. The molecule has 1 atom stereocenters. The number of para-hydroxylation sites is 1. The van der Waals surface area contributed by atoms with Crippen molar-refractivity contribution in [2.24, 2.45) is 0 Å². The molecular weight excluding hydrogens is 270 g/mol. The van der Waals surface area contributed by atoms with Crippen LogP contribution >= 0.6 is 0 Å². The summed E-state index contributed by atoms with van der Waals surface area (Å²) in [6, 6.07) is 7.00. The summed E-state index contributed by atoms with van der Waals surface area (Å²) in [6.07, 6.45) is 1.47. The quantitative estimate of drug-likeness (QED) is 0.780. The van der Waals surface area contributed by atoms with E-state index in [0.29, 0.717) is 13.0 Å². The summed E-state index contributed by atoms with van der Waals surface area (Å²) >= 11 is 0. The summed E-state index contributed by atoms with van der Waals surface area (Å²) in [5.41, 5.74) is 2.05. The average Bonchev–Trinajstić information content (AvgIpc) is 2.90. The molecular formula is C15H17N3O3. The van der Waals surface area contributed by atoms with E-state index in [0.717, 1.165) is 17.7 Å². The van der Waals surface area contributed by atoms with Crippen LogP contribution in [0.1, 0.15) is 18.4 Å². The molecule has 2 heterocycles. The molecule has 1 aromatic carbocycles. The lowest BCUT2D eigenvalue weighted by atomic mass is 10.1. The smallest absolute Gasteiger partial charge is 0.315 e. The first-order valence-corrected chi connectivity index (χ1v) is 7.04. The molecule has 21 heavy (non-hydrogen) atoms. The first kappa shape index (κ1) is 13.6. The van der Waals surface area contributed by atoms with Crippen molar-refractivity contribution >= 4 is 23.5 Å². The molecule has 2 aliphatic rings. The van der Waals surface area contributed by atoms with Crippen LogP contribution in [0.15, 0.2) is 24.3 Å². The van der Waals surface area contributed by atoms with E-state index in [1.165, 1.54) is 4.90 Å². The van der Waals surface area contributed by atoms with Crippen LogP contribution in [0, 0.1) is 0 Å². The number of nitrogens with one attached hydrogen (secondary N) is 1. The predicted molar refractivity (Wildman–Crippen MR) is 76.8 cm³/mol. The van der Waals surface area contributed by atoms with Crippen LogP contribution in [0.3, 0.4) is 0 Å². The SMILES string of the molecule is CN(C(=O)N1CCc2ccccc21)[C@H]1CCC(=O)NC1=O. The molecule has 0 spiro atoms. The van der Waals surface area contributed by atoms with Gasteiger partial charge in [-0.05, 0) is 24.5 Å². The second kappa shape index (κ2) is 5.20. The van der Waals surface area contributed by atoms with Crippen LogP contribution in [0.5, 0.6) is 0 Å². The minimum absolute atomic E-state index is 0.200. The zero-order valence-corrected chi connectivity index (χ0v) is 11.8. The number of likely N-dealkylation sites (N-methyl/N-ethyl adjacent to an activating group) is 1. The van der Waals surface area contributed by atoms with Crippen LogP contribution in [0.2, 0.25) is 0 Å². The average molecular weight is 287 g/mol. The summed E-state index contributed by atoms with van der Waals surface area (Å²) < 4.78 is 0. The molecule has 110 valence electrons. The lowest BCUT2D eigenvalue weighted by molar-refractivity contribution is -0.136. The van der Waals surface area contributed by atoms with Crippen LogP contribution < -0.4 is 10.2 Å². The maximum atomic E-state index is 12.6. The Morgan fingerprint density at radius 2 is 2.05 bits per heavy atom. The lowest BCUT2D eigenvalue weighted by Crippen LogP contribution is -2.55. The second-order valence-corrected chi connectivity index (χ2v) is 5.39. The zero-order chi connectivity index (χ0) is 15.0. The van der Waals surface area contributed by atoms with Gasteiger partial charge in [0.2, 0.25) is 11.8 Å². The Morgan fingerprint density at radius 3 is 2.81 bits per heavy atom. The zero-order valence-electron chi connectivity index (χ0n) is 11.8. The highest BCUT2D eigenvalue weighted by molar-refractivity contribution is 6.03. The molecule has 0 aromatic heterocycles. The lowest BCUT2D eigenvalue weighted by Gasteiger charge is -2.32.